The van der Waals surface area contributed by atoms with Gasteiger partial charge < -0.3 is 18.8 Å². The molecule has 0 atom stereocenters. The topological polar surface area (TPSA) is 101 Å². The summed E-state index contributed by atoms with van der Waals surface area (Å²) in [5, 5.41) is 0. The first-order valence-corrected chi connectivity index (χ1v) is 7.45. The Bertz CT molecular complexity index is 895. The minimum Gasteiger partial charge on any atom is -0.465 e. The molecule has 0 radical (unpaired) electrons. The Labute approximate surface area is 149 Å². The van der Waals surface area contributed by atoms with Crippen LogP contribution in [-0.2, 0) is 21.3 Å². The van der Waals surface area contributed by atoms with E-state index in [0.29, 0.717) is 0 Å². The lowest BCUT2D eigenvalue weighted by Gasteiger charge is -2.09. The van der Waals surface area contributed by atoms with Crippen LogP contribution < -0.4 is 0 Å². The fourth-order valence-electron chi connectivity index (χ4n) is 2.57. The van der Waals surface area contributed by atoms with E-state index in [-0.39, 0.29) is 27.9 Å². The Morgan fingerprint density at radius 1 is 0.769 bits per heavy atom. The van der Waals surface area contributed by atoms with Gasteiger partial charge in [-0.1, -0.05) is 18.2 Å². The zero-order chi connectivity index (χ0) is 19.4. The summed E-state index contributed by atoms with van der Waals surface area (Å²) in [7, 11) is 4.98. The van der Waals surface area contributed by atoms with Gasteiger partial charge in [-0.2, -0.15) is 0 Å². The second-order valence-electron chi connectivity index (χ2n) is 5.23. The highest BCUT2D eigenvalue weighted by Crippen LogP contribution is 2.24. The number of esters is 3. The third kappa shape index (κ3) is 3.21. The van der Waals surface area contributed by atoms with Crippen molar-refractivity contribution in [1.29, 1.82) is 0 Å². The van der Waals surface area contributed by atoms with E-state index in [9.17, 15) is 19.2 Å². The normalized spacial score (nSPS) is 10.2. The highest BCUT2D eigenvalue weighted by Gasteiger charge is 2.32. The molecule has 8 nitrogen and oxygen atoms in total. The van der Waals surface area contributed by atoms with Gasteiger partial charge in [0.15, 0.2) is 0 Å². The minimum atomic E-state index is -0.870. The van der Waals surface area contributed by atoms with Crippen molar-refractivity contribution in [1.82, 2.24) is 4.57 Å². The maximum atomic E-state index is 13.1. The summed E-state index contributed by atoms with van der Waals surface area (Å²) in [5.74, 6) is -2.99. The first-order valence-electron chi connectivity index (χ1n) is 7.45. The summed E-state index contributed by atoms with van der Waals surface area (Å²) in [6.45, 7) is 0. The molecule has 1 aromatic heterocycles. The van der Waals surface area contributed by atoms with Gasteiger partial charge in [0.2, 0.25) is 5.78 Å². The number of nitrogens with zero attached hydrogens (tertiary/aromatic N) is 1. The van der Waals surface area contributed by atoms with Crippen LogP contribution in [0.1, 0.15) is 47.1 Å². The summed E-state index contributed by atoms with van der Waals surface area (Å²) < 4.78 is 15.4. The molecule has 0 amide bonds. The standard InChI is InChI=1S/C18H17NO7/c1-19-9-12(17(22)25-3)13(18(23)26-4)14(19)15(20)10-7-5-6-8-11(10)16(21)24-2/h5-9H,1-4H3. The Hall–Kier alpha value is -3.42. The molecule has 26 heavy (non-hydrogen) atoms. The fourth-order valence-corrected chi connectivity index (χ4v) is 2.57. The molecule has 0 aliphatic carbocycles. The van der Waals surface area contributed by atoms with Crippen LogP contribution in [0.25, 0.3) is 0 Å². The lowest BCUT2D eigenvalue weighted by atomic mass is 9.98. The van der Waals surface area contributed by atoms with Crippen molar-refractivity contribution >= 4 is 23.7 Å². The lowest BCUT2D eigenvalue weighted by molar-refractivity contribution is 0.0555. The van der Waals surface area contributed by atoms with Crippen LogP contribution in [0, 0.1) is 0 Å². The van der Waals surface area contributed by atoms with Crippen LogP contribution in [0.2, 0.25) is 0 Å². The van der Waals surface area contributed by atoms with Crippen LogP contribution in [0.3, 0.4) is 0 Å². The van der Waals surface area contributed by atoms with E-state index in [0.717, 1.165) is 14.2 Å². The smallest absolute Gasteiger partial charge is 0.341 e. The Kier molecular flexibility index (Phi) is 5.56. The Balaban J connectivity index is 2.71. The van der Waals surface area contributed by atoms with Gasteiger partial charge in [-0.25, -0.2) is 14.4 Å². The van der Waals surface area contributed by atoms with Gasteiger partial charge >= 0.3 is 17.9 Å². The molecule has 0 spiro atoms. The Morgan fingerprint density at radius 3 is 1.81 bits per heavy atom. The molecule has 0 saturated heterocycles. The van der Waals surface area contributed by atoms with Crippen molar-refractivity contribution < 1.29 is 33.4 Å². The summed E-state index contributed by atoms with van der Waals surface area (Å²) in [6, 6.07) is 6.01. The number of ether oxygens (including phenoxy) is 3. The molecular weight excluding hydrogens is 342 g/mol. The molecule has 0 aliphatic heterocycles. The molecule has 0 saturated carbocycles. The first-order chi connectivity index (χ1) is 12.4. The van der Waals surface area contributed by atoms with Gasteiger partial charge in [-0.15, -0.1) is 0 Å². The van der Waals surface area contributed by atoms with Crippen LogP contribution in [0.5, 0.6) is 0 Å². The zero-order valence-electron chi connectivity index (χ0n) is 14.7. The van der Waals surface area contributed by atoms with Crippen molar-refractivity contribution in [2.75, 3.05) is 21.3 Å². The summed E-state index contributed by atoms with van der Waals surface area (Å²) >= 11 is 0. The maximum Gasteiger partial charge on any atom is 0.341 e. The van der Waals surface area contributed by atoms with Crippen molar-refractivity contribution in [3.05, 3.63) is 58.4 Å². The molecule has 2 aromatic rings. The van der Waals surface area contributed by atoms with Gasteiger partial charge in [0.05, 0.1) is 32.5 Å². The van der Waals surface area contributed by atoms with E-state index in [1.165, 1.54) is 37.1 Å². The molecule has 0 aliphatic rings. The lowest BCUT2D eigenvalue weighted by Crippen LogP contribution is -2.18. The number of hydrogen-bond acceptors (Lipinski definition) is 7. The van der Waals surface area contributed by atoms with Crippen LogP contribution in [-0.4, -0.2) is 49.6 Å². The molecule has 136 valence electrons. The molecule has 0 fully saturated rings. The second-order valence-corrected chi connectivity index (χ2v) is 5.23. The predicted octanol–water partition coefficient (Wildman–Crippen LogP) is 1.62. The number of aryl methyl sites for hydroxylation is 1. The first kappa shape index (κ1) is 18.9. The minimum absolute atomic E-state index is 0.0297. The number of carbonyl (C=O) groups excluding carboxylic acids is 4. The molecule has 2 rings (SSSR count). The quantitative estimate of drug-likeness (QED) is 0.454. The predicted molar refractivity (Wildman–Crippen MR) is 89.3 cm³/mol. The fraction of sp³-hybridized carbons (Fsp3) is 0.222. The zero-order valence-corrected chi connectivity index (χ0v) is 14.7. The highest BCUT2D eigenvalue weighted by atomic mass is 16.5. The van der Waals surface area contributed by atoms with E-state index in [1.807, 2.05) is 0 Å². The molecule has 0 unspecified atom stereocenters. The SMILES string of the molecule is COC(=O)c1ccccc1C(=O)c1c(C(=O)OC)c(C(=O)OC)cn1C. The summed E-state index contributed by atoms with van der Waals surface area (Å²) in [6.07, 6.45) is 1.30. The van der Waals surface area contributed by atoms with Gasteiger partial charge in [-0.3, -0.25) is 4.79 Å². The maximum absolute atomic E-state index is 13.1. The number of methoxy groups -OCH3 is 3. The Morgan fingerprint density at radius 2 is 1.27 bits per heavy atom. The number of rotatable bonds is 5. The molecule has 1 heterocycles. The van der Waals surface area contributed by atoms with Crippen LogP contribution >= 0.6 is 0 Å². The van der Waals surface area contributed by atoms with Crippen molar-refractivity contribution in [3.63, 3.8) is 0 Å². The van der Waals surface area contributed by atoms with E-state index in [1.54, 1.807) is 12.1 Å². The van der Waals surface area contributed by atoms with E-state index in [2.05, 4.69) is 9.47 Å². The van der Waals surface area contributed by atoms with Crippen LogP contribution in [0.15, 0.2) is 30.5 Å². The van der Waals surface area contributed by atoms with Gasteiger partial charge in [0, 0.05) is 18.8 Å². The largest absolute Gasteiger partial charge is 0.465 e. The van der Waals surface area contributed by atoms with E-state index >= 15 is 0 Å². The monoisotopic (exact) mass is 359 g/mol. The van der Waals surface area contributed by atoms with E-state index in [4.69, 9.17) is 4.74 Å². The van der Waals surface area contributed by atoms with Crippen LogP contribution in [0.4, 0.5) is 0 Å². The number of benzene rings is 1. The number of ketones is 1. The van der Waals surface area contributed by atoms with Crippen molar-refractivity contribution in [2.45, 2.75) is 0 Å². The number of hydrogen-bond donors (Lipinski definition) is 0. The van der Waals surface area contributed by atoms with E-state index < -0.39 is 23.7 Å². The molecule has 0 bridgehead atoms. The third-order valence-electron chi connectivity index (χ3n) is 3.77. The second kappa shape index (κ2) is 7.64. The van der Waals surface area contributed by atoms with Gasteiger partial charge in [0.1, 0.15) is 11.3 Å². The number of carbonyl (C=O) groups is 4. The summed E-state index contributed by atoms with van der Waals surface area (Å²) in [4.78, 5) is 49.2. The van der Waals surface area contributed by atoms with Crippen molar-refractivity contribution in [3.8, 4) is 0 Å². The average molecular weight is 359 g/mol. The number of aromatic nitrogens is 1. The van der Waals surface area contributed by atoms with Gasteiger partial charge in [0.25, 0.3) is 0 Å². The molecule has 1 aromatic carbocycles. The van der Waals surface area contributed by atoms with Crippen molar-refractivity contribution in [2.24, 2.45) is 7.05 Å². The summed E-state index contributed by atoms with van der Waals surface area (Å²) in [5.41, 5.74) is -0.375. The third-order valence-corrected chi connectivity index (χ3v) is 3.77. The average Bonchev–Trinajstić information content (AvgIpc) is 3.02. The highest BCUT2D eigenvalue weighted by molar-refractivity contribution is 6.19. The molecule has 0 N–H and O–H groups in total. The molecule has 8 heteroatoms. The molecular formula is C18H17NO7. The van der Waals surface area contributed by atoms with Gasteiger partial charge in [-0.05, 0) is 6.07 Å².